The molecule has 0 N–H and O–H groups in total. The van der Waals surface area contributed by atoms with Crippen LogP contribution in [0.5, 0.6) is 0 Å². The monoisotopic (exact) mass is 192 g/mol. The van der Waals surface area contributed by atoms with E-state index in [1.165, 1.54) is 32.1 Å². The van der Waals surface area contributed by atoms with Gasteiger partial charge in [-0.05, 0) is 50.4 Å². The smallest absolute Gasteiger partial charge is 0.00857 e. The van der Waals surface area contributed by atoms with Gasteiger partial charge in [-0.25, -0.2) is 0 Å². The van der Waals surface area contributed by atoms with Crippen LogP contribution in [0.15, 0.2) is 11.1 Å². The van der Waals surface area contributed by atoms with Crippen molar-refractivity contribution in [2.75, 3.05) is 0 Å². The lowest BCUT2D eigenvalue weighted by molar-refractivity contribution is 0.0816. The molecule has 0 aliphatic heterocycles. The van der Waals surface area contributed by atoms with E-state index in [-0.39, 0.29) is 0 Å². The number of hydrogen-bond donors (Lipinski definition) is 0. The first-order chi connectivity index (χ1) is 6.55. The van der Waals surface area contributed by atoms with E-state index < -0.39 is 0 Å². The van der Waals surface area contributed by atoms with Crippen molar-refractivity contribution < 1.29 is 0 Å². The van der Waals surface area contributed by atoms with Crippen molar-refractivity contribution in [2.24, 2.45) is 17.3 Å². The largest absolute Gasteiger partial charge is 0.0738 e. The van der Waals surface area contributed by atoms with Crippen LogP contribution < -0.4 is 0 Å². The molecular weight excluding hydrogens is 168 g/mol. The van der Waals surface area contributed by atoms with Crippen LogP contribution in [0.25, 0.3) is 0 Å². The summed E-state index contributed by atoms with van der Waals surface area (Å²) in [6.45, 7) is 9.72. The van der Waals surface area contributed by atoms with Gasteiger partial charge < -0.3 is 0 Å². The summed E-state index contributed by atoms with van der Waals surface area (Å²) in [6, 6.07) is 0. The Morgan fingerprint density at radius 3 is 2.64 bits per heavy atom. The normalized spacial score (nSPS) is 43.7. The molecule has 0 bridgehead atoms. The van der Waals surface area contributed by atoms with Crippen molar-refractivity contribution in [1.29, 1.82) is 0 Å². The molecule has 80 valence electrons. The highest BCUT2D eigenvalue weighted by Gasteiger charge is 2.43. The lowest BCUT2D eigenvalue weighted by atomic mass is 9.55. The Morgan fingerprint density at radius 2 is 1.93 bits per heavy atom. The van der Waals surface area contributed by atoms with Gasteiger partial charge in [0.05, 0.1) is 0 Å². The van der Waals surface area contributed by atoms with Crippen LogP contribution >= 0.6 is 0 Å². The van der Waals surface area contributed by atoms with Crippen molar-refractivity contribution >= 4 is 0 Å². The Bertz CT molecular complexity index is 261. The lowest BCUT2D eigenvalue weighted by Crippen LogP contribution is -2.39. The Balaban J connectivity index is 2.35. The molecule has 2 rings (SSSR count). The zero-order valence-corrected chi connectivity index (χ0v) is 10.2. The second-order valence-corrected chi connectivity index (χ2v) is 5.84. The van der Waals surface area contributed by atoms with E-state index in [9.17, 15) is 0 Å². The predicted octanol–water partition coefficient (Wildman–Crippen LogP) is 4.56. The Hall–Kier alpha value is -0.260. The minimum absolute atomic E-state index is 0.556. The maximum absolute atomic E-state index is 2.52. The standard InChI is InChI=1S/C14H24/c1-10-7-8-13-11(2)6-5-9-14(13,4)12(10)3/h11,13H,5-9H2,1-4H3. The molecule has 0 aromatic carbocycles. The van der Waals surface area contributed by atoms with E-state index >= 15 is 0 Å². The average molecular weight is 192 g/mol. The van der Waals surface area contributed by atoms with Gasteiger partial charge in [0.1, 0.15) is 0 Å². The second kappa shape index (κ2) is 3.40. The summed E-state index contributed by atoms with van der Waals surface area (Å²) in [4.78, 5) is 0. The summed E-state index contributed by atoms with van der Waals surface area (Å²) in [5, 5.41) is 0. The molecule has 0 aromatic rings. The van der Waals surface area contributed by atoms with Gasteiger partial charge in [-0.2, -0.15) is 0 Å². The molecule has 0 radical (unpaired) electrons. The molecule has 0 nitrogen and oxygen atoms in total. The van der Waals surface area contributed by atoms with Crippen molar-refractivity contribution in [2.45, 2.75) is 59.8 Å². The number of rotatable bonds is 0. The molecule has 0 spiro atoms. The minimum Gasteiger partial charge on any atom is -0.0738 e. The minimum atomic E-state index is 0.556. The molecule has 1 saturated carbocycles. The molecule has 3 atom stereocenters. The van der Waals surface area contributed by atoms with Gasteiger partial charge in [-0.15, -0.1) is 0 Å². The zero-order valence-electron chi connectivity index (χ0n) is 10.2. The van der Waals surface area contributed by atoms with Crippen LogP contribution in [-0.4, -0.2) is 0 Å². The summed E-state index contributed by atoms with van der Waals surface area (Å²) in [5.41, 5.74) is 3.96. The molecule has 3 unspecified atom stereocenters. The van der Waals surface area contributed by atoms with E-state index in [1.807, 2.05) is 0 Å². The second-order valence-electron chi connectivity index (χ2n) is 5.84. The first-order valence-corrected chi connectivity index (χ1v) is 6.22. The SMILES string of the molecule is CC1=C(C)C2(C)CCCC(C)C2CC1. The number of allylic oxidation sites excluding steroid dienone is 2. The summed E-state index contributed by atoms with van der Waals surface area (Å²) >= 11 is 0. The van der Waals surface area contributed by atoms with Crippen molar-refractivity contribution in [1.82, 2.24) is 0 Å². The van der Waals surface area contributed by atoms with Crippen molar-refractivity contribution in [3.63, 3.8) is 0 Å². The van der Waals surface area contributed by atoms with Crippen LogP contribution in [0.2, 0.25) is 0 Å². The van der Waals surface area contributed by atoms with Crippen LogP contribution in [-0.2, 0) is 0 Å². The van der Waals surface area contributed by atoms with Crippen LogP contribution in [0, 0.1) is 17.3 Å². The molecule has 0 aromatic heterocycles. The average Bonchev–Trinajstić information content (AvgIpc) is 2.14. The summed E-state index contributed by atoms with van der Waals surface area (Å²) in [5.74, 6) is 1.93. The van der Waals surface area contributed by atoms with Crippen LogP contribution in [0.4, 0.5) is 0 Å². The molecule has 2 aliphatic carbocycles. The third-order valence-electron chi connectivity index (χ3n) is 5.19. The molecule has 0 heterocycles. The van der Waals surface area contributed by atoms with Gasteiger partial charge in [0, 0.05) is 0 Å². The Kier molecular flexibility index (Phi) is 2.49. The molecule has 0 amide bonds. The highest BCUT2D eigenvalue weighted by molar-refractivity contribution is 5.24. The van der Waals surface area contributed by atoms with Gasteiger partial charge in [-0.1, -0.05) is 37.8 Å². The van der Waals surface area contributed by atoms with E-state index in [2.05, 4.69) is 27.7 Å². The first-order valence-electron chi connectivity index (χ1n) is 6.22. The third-order valence-corrected chi connectivity index (χ3v) is 5.19. The quantitative estimate of drug-likeness (QED) is 0.494. The maximum Gasteiger partial charge on any atom is -0.00857 e. The molecule has 1 fully saturated rings. The Labute approximate surface area is 88.8 Å². The zero-order chi connectivity index (χ0) is 10.3. The maximum atomic E-state index is 2.52. The molecule has 0 heteroatoms. The van der Waals surface area contributed by atoms with Crippen LogP contribution in [0.1, 0.15) is 59.8 Å². The van der Waals surface area contributed by atoms with E-state index in [1.54, 1.807) is 11.1 Å². The highest BCUT2D eigenvalue weighted by Crippen LogP contribution is 2.54. The van der Waals surface area contributed by atoms with Gasteiger partial charge >= 0.3 is 0 Å². The third kappa shape index (κ3) is 1.34. The van der Waals surface area contributed by atoms with Gasteiger partial charge in [0.25, 0.3) is 0 Å². The van der Waals surface area contributed by atoms with Crippen LogP contribution in [0.3, 0.4) is 0 Å². The molecule has 14 heavy (non-hydrogen) atoms. The number of hydrogen-bond acceptors (Lipinski definition) is 0. The Morgan fingerprint density at radius 1 is 1.21 bits per heavy atom. The van der Waals surface area contributed by atoms with Gasteiger partial charge in [0.15, 0.2) is 0 Å². The number of fused-ring (bicyclic) bond motifs is 1. The summed E-state index contributed by atoms with van der Waals surface area (Å²) < 4.78 is 0. The highest BCUT2D eigenvalue weighted by atomic mass is 14.5. The molecule has 0 saturated heterocycles. The fourth-order valence-corrected chi connectivity index (χ4v) is 3.92. The fraction of sp³-hybridized carbons (Fsp3) is 0.857. The van der Waals surface area contributed by atoms with Crippen molar-refractivity contribution in [3.05, 3.63) is 11.1 Å². The molecule has 2 aliphatic rings. The van der Waals surface area contributed by atoms with Gasteiger partial charge in [0.2, 0.25) is 0 Å². The van der Waals surface area contributed by atoms with Gasteiger partial charge in [-0.3, -0.25) is 0 Å². The van der Waals surface area contributed by atoms with E-state index in [0.29, 0.717) is 5.41 Å². The fourth-order valence-electron chi connectivity index (χ4n) is 3.92. The topological polar surface area (TPSA) is 0 Å². The molecular formula is C14H24. The van der Waals surface area contributed by atoms with E-state index in [4.69, 9.17) is 0 Å². The van der Waals surface area contributed by atoms with Crippen molar-refractivity contribution in [3.8, 4) is 0 Å². The summed E-state index contributed by atoms with van der Waals surface area (Å²) in [6.07, 6.45) is 7.15. The first kappa shape index (κ1) is 10.3. The lowest BCUT2D eigenvalue weighted by Gasteiger charge is -2.49. The summed E-state index contributed by atoms with van der Waals surface area (Å²) in [7, 11) is 0. The van der Waals surface area contributed by atoms with E-state index in [0.717, 1.165) is 11.8 Å². The predicted molar refractivity (Wildman–Crippen MR) is 62.2 cm³/mol.